The van der Waals surface area contributed by atoms with Gasteiger partial charge in [-0.3, -0.25) is 9.69 Å². The number of halogens is 2. The predicted octanol–water partition coefficient (Wildman–Crippen LogP) is 2.45. The molecule has 0 aromatic carbocycles. The summed E-state index contributed by atoms with van der Waals surface area (Å²) in [7, 11) is 0. The second kappa shape index (κ2) is 8.12. The van der Waals surface area contributed by atoms with Crippen molar-refractivity contribution in [1.82, 2.24) is 4.90 Å². The summed E-state index contributed by atoms with van der Waals surface area (Å²) >= 11 is 0. The normalized spacial score (nSPS) is 30.8. The highest BCUT2D eigenvalue weighted by Gasteiger charge is 2.64. The molecule has 0 aromatic rings. The smallest absolute Gasteiger partial charge is 0.429 e. The van der Waals surface area contributed by atoms with Gasteiger partial charge in [0.1, 0.15) is 11.7 Å². The molecule has 2 aliphatic heterocycles. The summed E-state index contributed by atoms with van der Waals surface area (Å²) in [6, 6.07) is 0. The molecule has 2 N–H and O–H groups in total. The molecule has 1 amide bonds. The minimum absolute atomic E-state index is 0.0504. The highest BCUT2D eigenvalue weighted by atomic mass is 19.3. The molecule has 8 nitrogen and oxygen atoms in total. The van der Waals surface area contributed by atoms with Gasteiger partial charge in [-0.15, -0.1) is 0 Å². The first-order chi connectivity index (χ1) is 12.9. The van der Waals surface area contributed by atoms with Crippen LogP contribution in [-0.4, -0.2) is 64.3 Å². The van der Waals surface area contributed by atoms with E-state index >= 15 is 8.78 Å². The molecular formula is C18H26F2N2O6. The monoisotopic (exact) mass is 404 g/mol. The number of nitrogens with one attached hydrogen (secondary N) is 1. The molecule has 1 fully saturated rings. The highest BCUT2D eigenvalue weighted by Crippen LogP contribution is 2.41. The predicted molar refractivity (Wildman–Crippen MR) is 93.9 cm³/mol. The van der Waals surface area contributed by atoms with Crippen LogP contribution in [0.1, 0.15) is 40.5 Å². The van der Waals surface area contributed by atoms with Gasteiger partial charge in [0.05, 0.1) is 6.61 Å². The molecule has 1 saturated heterocycles. The summed E-state index contributed by atoms with van der Waals surface area (Å²) in [5.41, 5.74) is -0.766. The van der Waals surface area contributed by atoms with E-state index in [0.29, 0.717) is 11.3 Å². The Morgan fingerprint density at radius 3 is 2.68 bits per heavy atom. The van der Waals surface area contributed by atoms with Crippen molar-refractivity contribution in [2.24, 2.45) is 5.92 Å². The van der Waals surface area contributed by atoms with Gasteiger partial charge < -0.3 is 24.7 Å². The number of alkyl halides is 2. The Kier molecular flexibility index (Phi) is 6.44. The summed E-state index contributed by atoms with van der Waals surface area (Å²) in [6.07, 6.45) is -4.48. The van der Waals surface area contributed by atoms with Gasteiger partial charge in [-0.1, -0.05) is 6.92 Å². The van der Waals surface area contributed by atoms with E-state index in [1.165, 1.54) is 6.08 Å². The highest BCUT2D eigenvalue weighted by molar-refractivity contribution is 5.95. The minimum Gasteiger partial charge on any atom is -0.429 e. The van der Waals surface area contributed by atoms with Crippen molar-refractivity contribution in [3.8, 4) is 0 Å². The van der Waals surface area contributed by atoms with E-state index in [1.54, 1.807) is 27.7 Å². The molecule has 28 heavy (non-hydrogen) atoms. The Morgan fingerprint density at radius 2 is 2.11 bits per heavy atom. The number of hydrogen-bond donors (Lipinski definition) is 2. The first kappa shape index (κ1) is 22.2. The number of rotatable bonds is 3. The number of ether oxygens (including phenoxy) is 3. The standard InChI is InChI=1S/C18H26F2N2O6/c1-10-5-6-13(24)22(8-7-11(10)21)15-18(19,20)14(12(9-23)26-15)27-16(25)28-17(2,3)4/h7-8,10,12,14-15,21,23H,5-6,9H2,1-4H3. The van der Waals surface area contributed by atoms with Crippen LogP contribution in [0.4, 0.5) is 13.6 Å². The maximum Gasteiger partial charge on any atom is 0.509 e. The number of hydrogen-bond acceptors (Lipinski definition) is 7. The molecule has 0 saturated carbocycles. The van der Waals surface area contributed by atoms with E-state index in [9.17, 15) is 14.7 Å². The molecule has 0 spiro atoms. The zero-order valence-electron chi connectivity index (χ0n) is 16.3. The molecule has 2 rings (SSSR count). The van der Waals surface area contributed by atoms with Gasteiger partial charge in [-0.05, 0) is 39.2 Å². The number of aliphatic hydroxyl groups is 1. The number of carbonyl (C=O) groups excluding carboxylic acids is 2. The molecular weight excluding hydrogens is 378 g/mol. The lowest BCUT2D eigenvalue weighted by Gasteiger charge is -2.31. The molecule has 4 unspecified atom stereocenters. The van der Waals surface area contributed by atoms with Gasteiger partial charge >= 0.3 is 12.1 Å². The van der Waals surface area contributed by atoms with Crippen LogP contribution in [0.15, 0.2) is 12.3 Å². The van der Waals surface area contributed by atoms with E-state index in [-0.39, 0.29) is 18.1 Å². The van der Waals surface area contributed by atoms with Crippen LogP contribution in [0.25, 0.3) is 0 Å². The number of allylic oxidation sites excluding steroid dienone is 1. The fourth-order valence-electron chi connectivity index (χ4n) is 2.88. The molecule has 10 heteroatoms. The fraction of sp³-hybridized carbons (Fsp3) is 0.722. The van der Waals surface area contributed by atoms with Gasteiger partial charge in [0.2, 0.25) is 18.2 Å². The van der Waals surface area contributed by atoms with Crippen LogP contribution in [0, 0.1) is 11.3 Å². The van der Waals surface area contributed by atoms with Crippen LogP contribution in [0.2, 0.25) is 0 Å². The number of nitrogens with zero attached hydrogens (tertiary/aromatic N) is 1. The van der Waals surface area contributed by atoms with Crippen molar-refractivity contribution in [3.05, 3.63) is 12.3 Å². The average Bonchev–Trinajstić information content (AvgIpc) is 2.81. The van der Waals surface area contributed by atoms with Crippen molar-refractivity contribution in [2.75, 3.05) is 6.61 Å². The van der Waals surface area contributed by atoms with Gasteiger partial charge in [0.15, 0.2) is 0 Å². The quantitative estimate of drug-likeness (QED) is 0.700. The van der Waals surface area contributed by atoms with E-state index in [0.717, 1.165) is 6.20 Å². The Labute approximate surface area is 161 Å². The SMILES string of the molecule is CC1CCC(=O)N(C2OC(CO)C(OC(=O)OC(C)(C)C)C2(F)F)C=CC1=N. The Balaban J connectivity index is 2.26. The molecule has 0 aromatic heterocycles. The van der Waals surface area contributed by atoms with Crippen LogP contribution in [-0.2, 0) is 19.0 Å². The van der Waals surface area contributed by atoms with Crippen molar-refractivity contribution in [1.29, 1.82) is 5.41 Å². The average molecular weight is 404 g/mol. The Bertz CT molecular complexity index is 661. The van der Waals surface area contributed by atoms with Gasteiger partial charge in [0, 0.05) is 18.3 Å². The van der Waals surface area contributed by atoms with Crippen LogP contribution in [0.3, 0.4) is 0 Å². The summed E-state index contributed by atoms with van der Waals surface area (Å²) in [4.78, 5) is 25.0. The lowest BCUT2D eigenvalue weighted by molar-refractivity contribution is -0.174. The first-order valence-corrected chi connectivity index (χ1v) is 8.98. The maximum absolute atomic E-state index is 15.0. The second-order valence-corrected chi connectivity index (χ2v) is 7.90. The zero-order valence-corrected chi connectivity index (χ0v) is 16.3. The minimum atomic E-state index is -3.81. The van der Waals surface area contributed by atoms with Gasteiger partial charge in [-0.25, -0.2) is 4.79 Å². The van der Waals surface area contributed by atoms with Crippen molar-refractivity contribution < 1.29 is 37.7 Å². The number of carbonyl (C=O) groups is 2. The third-order valence-corrected chi connectivity index (χ3v) is 4.42. The summed E-state index contributed by atoms with van der Waals surface area (Å²) in [5, 5.41) is 17.3. The van der Waals surface area contributed by atoms with Gasteiger partial charge in [-0.2, -0.15) is 8.78 Å². The summed E-state index contributed by atoms with van der Waals surface area (Å²) in [5.74, 6) is -4.60. The summed E-state index contributed by atoms with van der Waals surface area (Å²) in [6.45, 7) is 5.55. The maximum atomic E-state index is 15.0. The molecule has 0 bridgehead atoms. The lowest BCUT2D eigenvalue weighted by atomic mass is 9.97. The van der Waals surface area contributed by atoms with Crippen molar-refractivity contribution >= 4 is 17.8 Å². The molecule has 158 valence electrons. The molecule has 0 aliphatic carbocycles. The van der Waals surface area contributed by atoms with Gasteiger partial charge in [0.25, 0.3) is 0 Å². The number of amides is 1. The molecule has 0 radical (unpaired) electrons. The fourth-order valence-corrected chi connectivity index (χ4v) is 2.88. The topological polar surface area (TPSA) is 109 Å². The van der Waals surface area contributed by atoms with E-state index in [1.807, 2.05) is 0 Å². The summed E-state index contributed by atoms with van der Waals surface area (Å²) < 4.78 is 44.9. The Hall–Kier alpha value is -2.07. The first-order valence-electron chi connectivity index (χ1n) is 8.98. The molecule has 2 aliphatic rings. The van der Waals surface area contributed by atoms with Crippen LogP contribution < -0.4 is 0 Å². The second-order valence-electron chi connectivity index (χ2n) is 7.90. The van der Waals surface area contributed by atoms with Crippen molar-refractivity contribution in [3.63, 3.8) is 0 Å². The van der Waals surface area contributed by atoms with E-state index in [2.05, 4.69) is 0 Å². The van der Waals surface area contributed by atoms with E-state index in [4.69, 9.17) is 19.6 Å². The van der Waals surface area contributed by atoms with E-state index < -0.39 is 48.6 Å². The lowest BCUT2D eigenvalue weighted by Crippen LogP contribution is -2.51. The van der Waals surface area contributed by atoms with Crippen LogP contribution in [0.5, 0.6) is 0 Å². The molecule has 4 atom stereocenters. The van der Waals surface area contributed by atoms with Crippen LogP contribution >= 0.6 is 0 Å². The number of aliphatic hydroxyl groups excluding tert-OH is 1. The zero-order chi connectivity index (χ0) is 21.3. The Morgan fingerprint density at radius 1 is 1.46 bits per heavy atom. The molecule has 2 heterocycles. The van der Waals surface area contributed by atoms with Crippen molar-refractivity contribution in [2.45, 2.75) is 70.5 Å². The third-order valence-electron chi connectivity index (χ3n) is 4.42. The third kappa shape index (κ3) is 4.85. The largest absolute Gasteiger partial charge is 0.509 e.